The largest absolute Gasteiger partial charge is 1.00 e. The SMILES string of the molecule is OB(O)O.[Li+].[O-]C(F)(F)CC(F)(F)F. The van der Waals surface area contributed by atoms with Gasteiger partial charge in [-0.05, 0) is 0 Å². The van der Waals surface area contributed by atoms with E-state index in [4.69, 9.17) is 20.2 Å². The maximum Gasteiger partial charge on any atom is 1.00 e. The summed E-state index contributed by atoms with van der Waals surface area (Å²) in [6.45, 7) is 0. The molecule has 0 aromatic carbocycles. The maximum absolute atomic E-state index is 10.9. The fourth-order valence-electron chi connectivity index (χ4n) is 0.233. The van der Waals surface area contributed by atoms with Gasteiger partial charge in [0.25, 0.3) is 0 Å². The van der Waals surface area contributed by atoms with Crippen LogP contribution in [0.25, 0.3) is 0 Å². The maximum atomic E-state index is 10.9. The second kappa shape index (κ2) is 7.44. The van der Waals surface area contributed by atoms with E-state index in [1.807, 2.05) is 0 Å². The molecule has 0 rings (SSSR count). The molecule has 3 N–H and O–H groups in total. The Hall–Kier alpha value is 0.152. The summed E-state index contributed by atoms with van der Waals surface area (Å²) >= 11 is 0. The molecule has 0 spiro atoms. The van der Waals surface area contributed by atoms with Crippen LogP contribution in [0.3, 0.4) is 0 Å². The van der Waals surface area contributed by atoms with Gasteiger partial charge in [0.15, 0.2) is 6.11 Å². The molecule has 0 unspecified atom stereocenters. The molecule has 14 heavy (non-hydrogen) atoms. The number of hydrogen-bond acceptors (Lipinski definition) is 4. The van der Waals surface area contributed by atoms with Crippen molar-refractivity contribution in [2.24, 2.45) is 0 Å². The number of rotatable bonds is 1. The molecule has 0 heterocycles. The van der Waals surface area contributed by atoms with Crippen LogP contribution in [0, 0.1) is 0 Å². The van der Waals surface area contributed by atoms with Crippen LogP contribution >= 0.6 is 0 Å². The summed E-state index contributed by atoms with van der Waals surface area (Å²) in [4.78, 5) is 0. The van der Waals surface area contributed by atoms with Crippen LogP contribution in [-0.4, -0.2) is 34.7 Å². The van der Waals surface area contributed by atoms with Crippen molar-refractivity contribution < 1.29 is 61.0 Å². The Morgan fingerprint density at radius 2 is 1.21 bits per heavy atom. The second-order valence-corrected chi connectivity index (χ2v) is 1.78. The third-order valence-corrected chi connectivity index (χ3v) is 0.406. The van der Waals surface area contributed by atoms with Gasteiger partial charge in [0, 0.05) is 0 Å². The molecule has 0 aromatic rings. The van der Waals surface area contributed by atoms with E-state index in [2.05, 4.69) is 0 Å². The zero-order valence-corrected chi connectivity index (χ0v) is 6.92. The Bertz CT molecular complexity index is 121. The predicted octanol–water partition coefficient (Wildman–Crippen LogP) is -4.16. The van der Waals surface area contributed by atoms with Crippen LogP contribution < -0.4 is 24.0 Å². The summed E-state index contributed by atoms with van der Waals surface area (Å²) in [5.74, 6) is 0. The Labute approximate surface area is 87.7 Å². The molecular weight excluding hydrogens is 213 g/mol. The Morgan fingerprint density at radius 3 is 1.21 bits per heavy atom. The minimum absolute atomic E-state index is 0. The van der Waals surface area contributed by atoms with Crippen molar-refractivity contribution in [1.29, 1.82) is 0 Å². The van der Waals surface area contributed by atoms with Crippen molar-refractivity contribution in [2.75, 3.05) is 0 Å². The zero-order chi connectivity index (χ0) is 11.3. The van der Waals surface area contributed by atoms with Crippen molar-refractivity contribution in [3.63, 3.8) is 0 Å². The smallest absolute Gasteiger partial charge is 0.798 e. The summed E-state index contributed by atoms with van der Waals surface area (Å²) in [5.41, 5.74) is 0. The Morgan fingerprint density at radius 1 is 1.00 bits per heavy atom. The van der Waals surface area contributed by atoms with Crippen LogP contribution in [0.4, 0.5) is 22.0 Å². The van der Waals surface area contributed by atoms with E-state index in [1.165, 1.54) is 0 Å². The Kier molecular flexibility index (Phi) is 10.5. The van der Waals surface area contributed by atoms with E-state index in [9.17, 15) is 22.0 Å². The van der Waals surface area contributed by atoms with E-state index in [0.717, 1.165) is 0 Å². The fraction of sp³-hybridized carbons (Fsp3) is 1.00. The summed E-state index contributed by atoms with van der Waals surface area (Å²) in [7, 11) is -2.17. The van der Waals surface area contributed by atoms with Gasteiger partial charge in [0.2, 0.25) is 0 Å². The first-order valence-electron chi connectivity index (χ1n) is 2.63. The van der Waals surface area contributed by atoms with E-state index >= 15 is 0 Å². The van der Waals surface area contributed by atoms with Crippen LogP contribution in [0.2, 0.25) is 0 Å². The minimum Gasteiger partial charge on any atom is -0.798 e. The molecule has 0 aliphatic heterocycles. The molecule has 11 heteroatoms. The van der Waals surface area contributed by atoms with Gasteiger partial charge in [0.1, 0.15) is 0 Å². The molecule has 0 saturated carbocycles. The second-order valence-electron chi connectivity index (χ2n) is 1.78. The van der Waals surface area contributed by atoms with Gasteiger partial charge in [-0.3, -0.25) is 0 Å². The molecular formula is C3H5BF5LiO4. The van der Waals surface area contributed by atoms with E-state index in [1.54, 1.807) is 0 Å². The first kappa shape index (κ1) is 19.7. The molecule has 80 valence electrons. The summed E-state index contributed by atoms with van der Waals surface area (Å²) in [6.07, 6.45) is -12.6. The number of halogens is 5. The van der Waals surface area contributed by atoms with Crippen molar-refractivity contribution >= 4 is 7.32 Å². The topological polar surface area (TPSA) is 83.8 Å². The van der Waals surface area contributed by atoms with Crippen molar-refractivity contribution in [3.05, 3.63) is 0 Å². The van der Waals surface area contributed by atoms with Gasteiger partial charge < -0.3 is 20.2 Å². The quantitative estimate of drug-likeness (QED) is 0.308. The molecule has 0 amide bonds. The molecule has 0 fully saturated rings. The Balaban J connectivity index is -0.000000209. The van der Waals surface area contributed by atoms with Gasteiger partial charge in [0.05, 0.1) is 6.42 Å². The predicted molar refractivity (Wildman–Crippen MR) is 28.0 cm³/mol. The molecule has 0 atom stereocenters. The first-order valence-corrected chi connectivity index (χ1v) is 2.63. The zero-order valence-electron chi connectivity index (χ0n) is 6.92. The standard InChI is InChI=1S/C3H2F5O.BH3O3.Li/c4-2(5,6)1-3(7,8)9;2-1(3)4;/h1H2;2-4H;/q-1;;+1. The van der Waals surface area contributed by atoms with E-state index < -0.39 is 26.0 Å². The van der Waals surface area contributed by atoms with E-state index in [-0.39, 0.29) is 18.9 Å². The molecule has 0 aliphatic carbocycles. The van der Waals surface area contributed by atoms with Crippen LogP contribution in [0.5, 0.6) is 0 Å². The summed E-state index contributed by atoms with van der Waals surface area (Å²) in [6, 6.07) is 0. The molecule has 0 aliphatic rings. The van der Waals surface area contributed by atoms with Crippen LogP contribution in [0.15, 0.2) is 0 Å². The minimum atomic E-state index is -5.08. The van der Waals surface area contributed by atoms with Gasteiger partial charge in [-0.15, -0.1) is 0 Å². The summed E-state index contributed by atoms with van der Waals surface area (Å²) in [5, 5.41) is 30.6. The van der Waals surface area contributed by atoms with E-state index in [0.29, 0.717) is 0 Å². The molecule has 0 aromatic heterocycles. The molecule has 0 bridgehead atoms. The molecule has 4 nitrogen and oxygen atoms in total. The monoisotopic (exact) mass is 218 g/mol. The third kappa shape index (κ3) is 39.9. The van der Waals surface area contributed by atoms with Crippen LogP contribution in [-0.2, 0) is 0 Å². The normalized spacial score (nSPS) is 10.9. The average molecular weight is 218 g/mol. The van der Waals surface area contributed by atoms with Crippen LogP contribution in [0.1, 0.15) is 6.42 Å². The summed E-state index contributed by atoms with van der Waals surface area (Å²) < 4.78 is 54.5. The third-order valence-electron chi connectivity index (χ3n) is 0.406. The van der Waals surface area contributed by atoms with Gasteiger partial charge >= 0.3 is 32.4 Å². The van der Waals surface area contributed by atoms with Gasteiger partial charge in [-0.1, -0.05) is 0 Å². The number of alkyl halides is 5. The van der Waals surface area contributed by atoms with Gasteiger partial charge in [-0.2, -0.15) is 13.2 Å². The molecule has 0 radical (unpaired) electrons. The van der Waals surface area contributed by atoms with Crippen molar-refractivity contribution in [3.8, 4) is 0 Å². The fourth-order valence-corrected chi connectivity index (χ4v) is 0.233. The van der Waals surface area contributed by atoms with Gasteiger partial charge in [-0.25, -0.2) is 8.78 Å². The van der Waals surface area contributed by atoms with Crippen molar-refractivity contribution in [1.82, 2.24) is 0 Å². The first-order chi connectivity index (χ1) is 5.44. The average Bonchev–Trinajstić information content (AvgIpc) is 1.47. The van der Waals surface area contributed by atoms with Crippen molar-refractivity contribution in [2.45, 2.75) is 18.7 Å². The number of hydrogen-bond donors (Lipinski definition) is 3. The molecule has 0 saturated heterocycles.